The molecule has 0 saturated carbocycles. The number of hydrogen-bond donors (Lipinski definition) is 2. The van der Waals surface area contributed by atoms with E-state index in [1.807, 2.05) is 32.0 Å². The molecule has 0 saturated heterocycles. The van der Waals surface area contributed by atoms with Crippen LogP contribution in [0.25, 0.3) is 0 Å². The molecule has 21 heavy (non-hydrogen) atoms. The number of nitrogens with one attached hydrogen (secondary N) is 1. The van der Waals surface area contributed by atoms with Crippen LogP contribution in [-0.2, 0) is 10.0 Å². The first-order chi connectivity index (χ1) is 9.72. The van der Waals surface area contributed by atoms with E-state index in [4.69, 9.17) is 5.73 Å². The molecule has 0 atom stereocenters. The molecule has 2 aromatic rings. The predicted octanol–water partition coefficient (Wildman–Crippen LogP) is 3.76. The van der Waals surface area contributed by atoms with Crippen LogP contribution in [0, 0.1) is 20.8 Å². The van der Waals surface area contributed by atoms with Crippen LogP contribution in [0.5, 0.6) is 0 Å². The minimum Gasteiger partial charge on any atom is -0.398 e. The second-order valence-corrected chi connectivity index (χ2v) is 7.49. The Balaban J connectivity index is 2.51. The summed E-state index contributed by atoms with van der Waals surface area (Å²) in [6, 6.07) is 8.84. The molecule has 0 radical (unpaired) electrons. The van der Waals surface area contributed by atoms with E-state index in [9.17, 15) is 8.42 Å². The molecule has 0 fully saturated rings. The third-order valence-corrected chi connectivity index (χ3v) is 5.57. The molecule has 0 spiro atoms. The van der Waals surface area contributed by atoms with Gasteiger partial charge in [-0.3, -0.25) is 4.72 Å². The van der Waals surface area contributed by atoms with Gasteiger partial charge in [0.15, 0.2) is 0 Å². The van der Waals surface area contributed by atoms with Crippen molar-refractivity contribution in [3.8, 4) is 0 Å². The number of halogens is 1. The molecular weight excluding hydrogens is 352 g/mol. The highest BCUT2D eigenvalue weighted by Gasteiger charge is 2.22. The number of hydrogen-bond acceptors (Lipinski definition) is 3. The summed E-state index contributed by atoms with van der Waals surface area (Å²) in [5.74, 6) is 0. The van der Waals surface area contributed by atoms with Crippen molar-refractivity contribution in [3.05, 3.63) is 51.5 Å². The molecule has 0 amide bonds. The summed E-state index contributed by atoms with van der Waals surface area (Å²) in [6.45, 7) is 5.55. The Hall–Kier alpha value is -1.53. The Morgan fingerprint density at radius 2 is 1.76 bits per heavy atom. The van der Waals surface area contributed by atoms with Gasteiger partial charge in [-0.15, -0.1) is 0 Å². The minimum absolute atomic E-state index is 0.134. The fourth-order valence-electron chi connectivity index (χ4n) is 2.07. The van der Waals surface area contributed by atoms with Gasteiger partial charge in [-0.05, 0) is 71.6 Å². The van der Waals surface area contributed by atoms with Gasteiger partial charge >= 0.3 is 0 Å². The number of anilines is 2. The summed E-state index contributed by atoms with van der Waals surface area (Å²) >= 11 is 3.37. The zero-order valence-electron chi connectivity index (χ0n) is 12.1. The second kappa shape index (κ2) is 5.69. The second-order valence-electron chi connectivity index (χ2n) is 5.01. The highest BCUT2D eigenvalue weighted by Crippen LogP contribution is 2.30. The summed E-state index contributed by atoms with van der Waals surface area (Å²) in [5.41, 5.74) is 9.17. The number of aryl methyl sites for hydroxylation is 2. The number of sulfonamides is 1. The number of nitrogens with two attached hydrogens (primary N) is 1. The number of nitrogen functional groups attached to an aromatic ring is 1. The monoisotopic (exact) mass is 368 g/mol. The molecule has 3 N–H and O–H groups in total. The van der Waals surface area contributed by atoms with Crippen LogP contribution in [-0.4, -0.2) is 8.42 Å². The summed E-state index contributed by atoms with van der Waals surface area (Å²) in [4.78, 5) is 0.134. The maximum atomic E-state index is 12.6. The third-order valence-electron chi connectivity index (χ3n) is 3.34. The lowest BCUT2D eigenvalue weighted by molar-refractivity contribution is 0.601. The van der Waals surface area contributed by atoms with Crippen molar-refractivity contribution in [1.82, 2.24) is 0 Å². The molecule has 6 heteroatoms. The van der Waals surface area contributed by atoms with Crippen molar-refractivity contribution in [2.75, 3.05) is 10.5 Å². The van der Waals surface area contributed by atoms with Crippen LogP contribution in [0.1, 0.15) is 16.7 Å². The average Bonchev–Trinajstić information content (AvgIpc) is 2.37. The quantitative estimate of drug-likeness (QED) is 0.810. The molecule has 2 rings (SSSR count). The smallest absolute Gasteiger partial charge is 0.264 e. The summed E-state index contributed by atoms with van der Waals surface area (Å²) in [7, 11) is -3.74. The van der Waals surface area contributed by atoms with Crippen LogP contribution in [0.3, 0.4) is 0 Å². The van der Waals surface area contributed by atoms with Gasteiger partial charge in [0.1, 0.15) is 4.90 Å². The van der Waals surface area contributed by atoms with Crippen molar-refractivity contribution < 1.29 is 8.42 Å². The van der Waals surface area contributed by atoms with Gasteiger partial charge < -0.3 is 5.73 Å². The van der Waals surface area contributed by atoms with Crippen molar-refractivity contribution >= 4 is 37.3 Å². The fraction of sp³-hybridized carbons (Fsp3) is 0.200. The van der Waals surface area contributed by atoms with Crippen molar-refractivity contribution in [2.24, 2.45) is 0 Å². The highest BCUT2D eigenvalue weighted by atomic mass is 79.9. The SMILES string of the molecule is Cc1ccc(NS(=O)(=O)c2c(N)ccc(C)c2C)c(Br)c1. The zero-order chi connectivity index (χ0) is 15.8. The summed E-state index contributed by atoms with van der Waals surface area (Å²) in [6.07, 6.45) is 0. The molecule has 0 aliphatic heterocycles. The van der Waals surface area contributed by atoms with E-state index >= 15 is 0 Å². The molecule has 4 nitrogen and oxygen atoms in total. The fourth-order valence-corrected chi connectivity index (χ4v) is 4.30. The molecule has 0 unspecified atom stereocenters. The lowest BCUT2D eigenvalue weighted by Gasteiger charge is -2.15. The van der Waals surface area contributed by atoms with Crippen molar-refractivity contribution in [1.29, 1.82) is 0 Å². The Morgan fingerprint density at radius 3 is 2.38 bits per heavy atom. The molecule has 0 aliphatic carbocycles. The normalized spacial score (nSPS) is 11.4. The number of benzene rings is 2. The van der Waals surface area contributed by atoms with Crippen LogP contribution < -0.4 is 10.5 Å². The molecule has 112 valence electrons. The van der Waals surface area contributed by atoms with Gasteiger partial charge in [0.2, 0.25) is 0 Å². The van der Waals surface area contributed by atoms with E-state index < -0.39 is 10.0 Å². The van der Waals surface area contributed by atoms with E-state index in [0.717, 1.165) is 11.1 Å². The Labute approximate surface area is 133 Å². The van der Waals surface area contributed by atoms with Crippen LogP contribution in [0.15, 0.2) is 39.7 Å². The summed E-state index contributed by atoms with van der Waals surface area (Å²) < 4.78 is 28.5. The predicted molar refractivity (Wildman–Crippen MR) is 90.0 cm³/mol. The van der Waals surface area contributed by atoms with Crippen molar-refractivity contribution in [3.63, 3.8) is 0 Å². The highest BCUT2D eigenvalue weighted by molar-refractivity contribution is 9.10. The molecule has 0 aromatic heterocycles. The van der Waals surface area contributed by atoms with E-state index in [1.54, 1.807) is 19.1 Å². The zero-order valence-corrected chi connectivity index (χ0v) is 14.5. The van der Waals surface area contributed by atoms with Gasteiger partial charge in [0.05, 0.1) is 11.4 Å². The molecule has 0 bridgehead atoms. The summed E-state index contributed by atoms with van der Waals surface area (Å²) in [5, 5.41) is 0. The Kier molecular flexibility index (Phi) is 4.30. The largest absolute Gasteiger partial charge is 0.398 e. The van der Waals surface area contributed by atoms with Gasteiger partial charge in [0, 0.05) is 4.47 Å². The molecule has 0 aliphatic rings. The van der Waals surface area contributed by atoms with E-state index in [1.165, 1.54) is 0 Å². The third kappa shape index (κ3) is 3.22. The molecule has 2 aromatic carbocycles. The minimum atomic E-state index is -3.74. The first-order valence-electron chi connectivity index (χ1n) is 6.37. The first kappa shape index (κ1) is 15.9. The lowest BCUT2D eigenvalue weighted by atomic mass is 10.1. The standard InChI is InChI=1S/C15H17BrN2O2S/c1-9-4-7-14(12(16)8-9)18-21(19,20)15-11(3)10(2)5-6-13(15)17/h4-8,18H,17H2,1-3H3. The Bertz CT molecular complexity index is 802. The first-order valence-corrected chi connectivity index (χ1v) is 8.64. The van der Waals surface area contributed by atoms with Gasteiger partial charge in [-0.25, -0.2) is 8.42 Å². The van der Waals surface area contributed by atoms with Gasteiger partial charge in [-0.1, -0.05) is 12.1 Å². The molecule has 0 heterocycles. The maximum Gasteiger partial charge on any atom is 0.264 e. The average molecular weight is 369 g/mol. The van der Waals surface area contributed by atoms with E-state index in [-0.39, 0.29) is 10.6 Å². The van der Waals surface area contributed by atoms with Gasteiger partial charge in [-0.2, -0.15) is 0 Å². The van der Waals surface area contributed by atoms with Crippen molar-refractivity contribution in [2.45, 2.75) is 25.7 Å². The molecular formula is C15H17BrN2O2S. The van der Waals surface area contributed by atoms with E-state index in [0.29, 0.717) is 15.7 Å². The van der Waals surface area contributed by atoms with Crippen LogP contribution >= 0.6 is 15.9 Å². The number of rotatable bonds is 3. The van der Waals surface area contributed by atoms with Gasteiger partial charge in [0.25, 0.3) is 10.0 Å². The maximum absolute atomic E-state index is 12.6. The Morgan fingerprint density at radius 1 is 1.10 bits per heavy atom. The van der Waals surface area contributed by atoms with Crippen LogP contribution in [0.2, 0.25) is 0 Å². The topological polar surface area (TPSA) is 72.2 Å². The van der Waals surface area contributed by atoms with E-state index in [2.05, 4.69) is 20.7 Å². The van der Waals surface area contributed by atoms with Crippen LogP contribution in [0.4, 0.5) is 11.4 Å². The lowest BCUT2D eigenvalue weighted by Crippen LogP contribution is -2.17.